The van der Waals surface area contributed by atoms with Gasteiger partial charge in [0.15, 0.2) is 0 Å². The van der Waals surface area contributed by atoms with Crippen LogP contribution in [0.5, 0.6) is 0 Å². The molecule has 0 bridgehead atoms. The number of esters is 1. The Morgan fingerprint density at radius 3 is 2.48 bits per heavy atom. The standard InChI is InChI=1S/C15H12N2O6/c1-23-15(20)10-4-2-3-5-11(10)16-12-7-6-9(14(18)19)8-13(12)17(21)22/h2-8,16H,1H3,(H,18,19). The van der Waals surface area contributed by atoms with Gasteiger partial charge >= 0.3 is 11.9 Å². The lowest BCUT2D eigenvalue weighted by Crippen LogP contribution is -2.07. The molecular weight excluding hydrogens is 304 g/mol. The smallest absolute Gasteiger partial charge is 0.339 e. The molecule has 0 amide bonds. The Hall–Kier alpha value is -3.42. The minimum atomic E-state index is -1.27. The molecule has 0 aliphatic carbocycles. The number of nitrogens with zero attached hydrogens (tertiary/aromatic N) is 1. The predicted molar refractivity (Wildman–Crippen MR) is 81.1 cm³/mol. The molecule has 2 aromatic carbocycles. The molecule has 0 aliphatic heterocycles. The number of para-hydroxylation sites is 1. The Labute approximate surface area is 130 Å². The number of aromatic carboxylic acids is 1. The third-order valence-corrected chi connectivity index (χ3v) is 3.04. The van der Waals surface area contributed by atoms with Gasteiger partial charge < -0.3 is 15.2 Å². The van der Waals surface area contributed by atoms with Crippen LogP contribution in [0.3, 0.4) is 0 Å². The highest BCUT2D eigenvalue weighted by Crippen LogP contribution is 2.30. The average molecular weight is 316 g/mol. The highest BCUT2D eigenvalue weighted by Gasteiger charge is 2.19. The third kappa shape index (κ3) is 3.43. The zero-order chi connectivity index (χ0) is 17.0. The van der Waals surface area contributed by atoms with Gasteiger partial charge in [-0.15, -0.1) is 0 Å². The monoisotopic (exact) mass is 316 g/mol. The van der Waals surface area contributed by atoms with E-state index >= 15 is 0 Å². The zero-order valence-electron chi connectivity index (χ0n) is 12.0. The molecule has 8 heteroatoms. The fraction of sp³-hybridized carbons (Fsp3) is 0.0667. The van der Waals surface area contributed by atoms with Crippen molar-refractivity contribution in [3.8, 4) is 0 Å². The number of anilines is 2. The lowest BCUT2D eigenvalue weighted by molar-refractivity contribution is -0.383. The number of benzene rings is 2. The summed E-state index contributed by atoms with van der Waals surface area (Å²) in [5, 5.41) is 22.8. The number of nitro groups is 1. The molecule has 0 heterocycles. The Morgan fingerprint density at radius 1 is 1.17 bits per heavy atom. The molecule has 2 N–H and O–H groups in total. The van der Waals surface area contributed by atoms with Crippen molar-refractivity contribution in [1.82, 2.24) is 0 Å². The number of hydrogen-bond donors (Lipinski definition) is 2. The maximum absolute atomic E-state index is 11.7. The van der Waals surface area contributed by atoms with E-state index in [-0.39, 0.29) is 16.8 Å². The van der Waals surface area contributed by atoms with Crippen molar-refractivity contribution in [2.24, 2.45) is 0 Å². The van der Waals surface area contributed by atoms with Gasteiger partial charge in [0.2, 0.25) is 0 Å². The van der Waals surface area contributed by atoms with Gasteiger partial charge in [-0.25, -0.2) is 9.59 Å². The van der Waals surface area contributed by atoms with Gasteiger partial charge in [-0.3, -0.25) is 10.1 Å². The summed E-state index contributed by atoms with van der Waals surface area (Å²) in [6.07, 6.45) is 0. The lowest BCUT2D eigenvalue weighted by atomic mass is 10.1. The summed E-state index contributed by atoms with van der Waals surface area (Å²) in [6.45, 7) is 0. The third-order valence-electron chi connectivity index (χ3n) is 3.04. The van der Waals surface area contributed by atoms with Crippen LogP contribution in [0.4, 0.5) is 17.1 Å². The molecule has 0 spiro atoms. The fourth-order valence-electron chi connectivity index (χ4n) is 1.95. The Bertz CT molecular complexity index is 787. The van der Waals surface area contributed by atoms with Gasteiger partial charge in [0, 0.05) is 6.07 Å². The molecule has 2 rings (SSSR count). The second-order valence-electron chi connectivity index (χ2n) is 4.46. The van der Waals surface area contributed by atoms with E-state index in [1.54, 1.807) is 18.2 Å². The summed E-state index contributed by atoms with van der Waals surface area (Å²) in [7, 11) is 1.23. The average Bonchev–Trinajstić information content (AvgIpc) is 2.54. The van der Waals surface area contributed by atoms with Crippen molar-refractivity contribution in [1.29, 1.82) is 0 Å². The first-order valence-electron chi connectivity index (χ1n) is 6.40. The van der Waals surface area contributed by atoms with Crippen molar-refractivity contribution < 1.29 is 24.4 Å². The molecule has 0 fully saturated rings. The minimum Gasteiger partial charge on any atom is -0.478 e. The van der Waals surface area contributed by atoms with Crippen LogP contribution in [-0.2, 0) is 4.74 Å². The largest absolute Gasteiger partial charge is 0.478 e. The van der Waals surface area contributed by atoms with Crippen molar-refractivity contribution in [2.45, 2.75) is 0 Å². The van der Waals surface area contributed by atoms with Crippen molar-refractivity contribution >= 4 is 29.0 Å². The molecule has 0 saturated carbocycles. The van der Waals surface area contributed by atoms with E-state index in [2.05, 4.69) is 10.1 Å². The molecule has 0 unspecified atom stereocenters. The van der Waals surface area contributed by atoms with Crippen molar-refractivity contribution in [3.63, 3.8) is 0 Å². The second-order valence-corrected chi connectivity index (χ2v) is 4.46. The number of hydrogen-bond acceptors (Lipinski definition) is 6. The minimum absolute atomic E-state index is 0.0661. The molecule has 0 aromatic heterocycles. The molecule has 2 aromatic rings. The summed E-state index contributed by atoms with van der Waals surface area (Å²) in [5.74, 6) is -1.87. The SMILES string of the molecule is COC(=O)c1ccccc1Nc1ccc(C(=O)O)cc1[N+](=O)[O-]. The first-order valence-corrected chi connectivity index (χ1v) is 6.40. The molecular formula is C15H12N2O6. The topological polar surface area (TPSA) is 119 Å². The number of nitro benzene ring substituents is 1. The normalized spacial score (nSPS) is 9.96. The Morgan fingerprint density at radius 2 is 1.87 bits per heavy atom. The van der Waals surface area contributed by atoms with Gasteiger partial charge in [-0.05, 0) is 24.3 Å². The maximum atomic E-state index is 11.7. The van der Waals surface area contributed by atoms with Gasteiger partial charge in [0.1, 0.15) is 5.69 Å². The molecule has 0 saturated heterocycles. The first kappa shape index (κ1) is 16.0. The summed E-state index contributed by atoms with van der Waals surface area (Å²) < 4.78 is 4.65. The zero-order valence-corrected chi connectivity index (χ0v) is 12.0. The summed E-state index contributed by atoms with van der Waals surface area (Å²) in [6, 6.07) is 9.79. The van der Waals surface area contributed by atoms with Crippen LogP contribution in [-0.4, -0.2) is 29.1 Å². The molecule has 0 aliphatic rings. The van der Waals surface area contributed by atoms with Crippen molar-refractivity contribution in [2.75, 3.05) is 12.4 Å². The van der Waals surface area contributed by atoms with E-state index < -0.39 is 22.5 Å². The summed E-state index contributed by atoms with van der Waals surface area (Å²) in [5.41, 5.74) is -0.0402. The second kappa shape index (κ2) is 6.56. The van der Waals surface area contributed by atoms with E-state index in [0.717, 1.165) is 6.07 Å². The lowest BCUT2D eigenvalue weighted by Gasteiger charge is -2.11. The fourth-order valence-corrected chi connectivity index (χ4v) is 1.95. The van der Waals surface area contributed by atoms with E-state index in [0.29, 0.717) is 5.69 Å². The van der Waals surface area contributed by atoms with Crippen molar-refractivity contribution in [3.05, 3.63) is 63.7 Å². The highest BCUT2D eigenvalue weighted by molar-refractivity contribution is 5.97. The van der Waals surface area contributed by atoms with E-state index in [1.165, 1.54) is 25.3 Å². The van der Waals surface area contributed by atoms with Crippen LogP contribution in [0.1, 0.15) is 20.7 Å². The Kier molecular flexibility index (Phi) is 4.55. The van der Waals surface area contributed by atoms with Gasteiger partial charge in [0.05, 0.1) is 28.8 Å². The molecule has 0 atom stereocenters. The van der Waals surface area contributed by atoms with Crippen LogP contribution >= 0.6 is 0 Å². The number of carbonyl (C=O) groups is 2. The van der Waals surface area contributed by atoms with Gasteiger partial charge in [-0.1, -0.05) is 12.1 Å². The first-order chi connectivity index (χ1) is 10.9. The molecule has 8 nitrogen and oxygen atoms in total. The number of carboxylic acids is 1. The van der Waals surface area contributed by atoms with Crippen LogP contribution in [0, 0.1) is 10.1 Å². The van der Waals surface area contributed by atoms with Crippen LogP contribution in [0.25, 0.3) is 0 Å². The highest BCUT2D eigenvalue weighted by atomic mass is 16.6. The molecule has 23 heavy (non-hydrogen) atoms. The maximum Gasteiger partial charge on any atom is 0.339 e. The van der Waals surface area contributed by atoms with E-state index in [4.69, 9.17) is 5.11 Å². The number of carbonyl (C=O) groups excluding carboxylic acids is 1. The Balaban J connectivity index is 2.47. The van der Waals surface area contributed by atoms with E-state index in [1.807, 2.05) is 0 Å². The van der Waals surface area contributed by atoms with Crippen LogP contribution < -0.4 is 5.32 Å². The van der Waals surface area contributed by atoms with Gasteiger partial charge in [0.25, 0.3) is 5.69 Å². The number of ether oxygens (including phenoxy) is 1. The van der Waals surface area contributed by atoms with Crippen LogP contribution in [0.15, 0.2) is 42.5 Å². The van der Waals surface area contributed by atoms with Gasteiger partial charge in [-0.2, -0.15) is 0 Å². The quantitative estimate of drug-likeness (QED) is 0.494. The molecule has 118 valence electrons. The number of methoxy groups -OCH3 is 1. The number of nitrogens with one attached hydrogen (secondary N) is 1. The predicted octanol–water partition coefficient (Wildman–Crippen LogP) is 2.82. The summed E-state index contributed by atoms with van der Waals surface area (Å²) >= 11 is 0. The van der Waals surface area contributed by atoms with E-state index in [9.17, 15) is 19.7 Å². The van der Waals surface area contributed by atoms with Crippen LogP contribution in [0.2, 0.25) is 0 Å². The molecule has 0 radical (unpaired) electrons. The number of rotatable bonds is 5. The summed E-state index contributed by atoms with van der Waals surface area (Å²) in [4.78, 5) is 33.1. The number of carboxylic acid groups (broad SMARTS) is 1.